The molecule has 2 nitrogen and oxygen atoms in total. The number of aliphatic hydroxyl groups excluding tert-OH is 1. The van der Waals surface area contributed by atoms with Crippen LogP contribution in [0.3, 0.4) is 0 Å². The topological polar surface area (TPSA) is 44.0 Å². The Labute approximate surface area is 97.9 Å². The molecule has 0 heterocycles. The van der Waals surface area contributed by atoms with Crippen molar-refractivity contribution in [2.45, 2.75) is 26.9 Å². The highest BCUT2D eigenvalue weighted by molar-refractivity contribution is 6.46. The minimum absolute atomic E-state index is 0.703. The van der Waals surface area contributed by atoms with Crippen molar-refractivity contribution in [1.29, 1.82) is 5.26 Å². The Kier molecular flexibility index (Phi) is 3.56. The van der Waals surface area contributed by atoms with Crippen molar-refractivity contribution in [3.05, 3.63) is 27.3 Å². The van der Waals surface area contributed by atoms with Crippen LogP contribution in [0.1, 0.15) is 28.4 Å². The van der Waals surface area contributed by atoms with Crippen LogP contribution in [-0.2, 0) is 0 Å². The lowest BCUT2D eigenvalue weighted by molar-refractivity contribution is 0.236. The van der Waals surface area contributed by atoms with Gasteiger partial charge < -0.3 is 5.11 Å². The summed E-state index contributed by atoms with van der Waals surface area (Å²) in [5.74, 6) is 0. The Morgan fingerprint density at radius 1 is 1.27 bits per heavy atom. The summed E-state index contributed by atoms with van der Waals surface area (Å²) in [5, 5.41) is 20.0. The Balaban J connectivity index is 3.61. The molecule has 1 aromatic rings. The summed E-state index contributed by atoms with van der Waals surface area (Å²) < 4.78 is 0. The predicted octanol–water partition coefficient (Wildman–Crippen LogP) is 0.813. The van der Waals surface area contributed by atoms with Gasteiger partial charge >= 0.3 is 0 Å². The second kappa shape index (κ2) is 4.36. The number of benzene rings is 1. The number of rotatable bonds is 1. The zero-order valence-electron chi connectivity index (χ0n) is 9.35. The minimum atomic E-state index is -1.06. The number of nitriles is 1. The molecular formula is C11H14ClNOSi. The molecule has 1 N–H and O–H groups in total. The van der Waals surface area contributed by atoms with Crippen LogP contribution in [0, 0.1) is 32.1 Å². The normalized spacial score (nSPS) is 12.5. The molecule has 4 heteroatoms. The van der Waals surface area contributed by atoms with Crippen LogP contribution >= 0.6 is 11.6 Å². The van der Waals surface area contributed by atoms with Gasteiger partial charge in [0.15, 0.2) is 6.10 Å². The highest BCUT2D eigenvalue weighted by Crippen LogP contribution is 2.26. The lowest BCUT2D eigenvalue weighted by atomic mass is 9.95. The summed E-state index contributed by atoms with van der Waals surface area (Å²) in [6.45, 7) is 5.86. The van der Waals surface area contributed by atoms with Gasteiger partial charge in [-0.25, -0.2) is 0 Å². The Bertz CT molecular complexity index is 422. The average Bonchev–Trinajstić information content (AvgIpc) is 2.23. The van der Waals surface area contributed by atoms with E-state index in [1.807, 2.05) is 26.8 Å². The van der Waals surface area contributed by atoms with Crippen LogP contribution in [0.25, 0.3) is 0 Å². The predicted molar refractivity (Wildman–Crippen MR) is 65.8 cm³/mol. The number of nitrogens with zero attached hydrogens (tertiary/aromatic N) is 1. The largest absolute Gasteiger partial charge is 0.374 e. The van der Waals surface area contributed by atoms with Crippen LogP contribution in [0.4, 0.5) is 0 Å². The van der Waals surface area contributed by atoms with E-state index >= 15 is 0 Å². The first-order valence-corrected chi connectivity index (χ1v) is 6.13. The van der Waals surface area contributed by atoms with Crippen molar-refractivity contribution in [1.82, 2.24) is 0 Å². The van der Waals surface area contributed by atoms with Gasteiger partial charge in [-0.15, -0.1) is 0 Å². The monoisotopic (exact) mass is 239 g/mol. The number of hydrogen-bond acceptors (Lipinski definition) is 2. The molecule has 1 unspecified atom stereocenters. The summed E-state index contributed by atoms with van der Waals surface area (Å²) in [7, 11) is 0.732. The third-order valence-electron chi connectivity index (χ3n) is 2.99. The van der Waals surface area contributed by atoms with E-state index in [4.69, 9.17) is 16.9 Å². The molecule has 0 saturated carbocycles. The quantitative estimate of drug-likeness (QED) is 0.583. The van der Waals surface area contributed by atoms with Crippen molar-refractivity contribution < 1.29 is 5.11 Å². The van der Waals surface area contributed by atoms with Crippen LogP contribution in [0.2, 0.25) is 5.02 Å². The molecule has 1 rings (SSSR count). The highest BCUT2D eigenvalue weighted by Gasteiger charge is 2.18. The molecule has 0 spiro atoms. The molecule has 0 aliphatic heterocycles. The van der Waals surface area contributed by atoms with E-state index in [0.717, 1.165) is 32.1 Å². The molecular weight excluding hydrogens is 226 g/mol. The van der Waals surface area contributed by atoms with Crippen LogP contribution < -0.4 is 5.19 Å². The number of aliphatic hydroxyl groups is 1. The third kappa shape index (κ3) is 1.93. The maximum absolute atomic E-state index is 9.63. The average molecular weight is 240 g/mol. The van der Waals surface area contributed by atoms with Gasteiger partial charge in [-0.3, -0.25) is 0 Å². The molecule has 0 amide bonds. The molecule has 0 aliphatic carbocycles. The molecule has 0 aliphatic rings. The van der Waals surface area contributed by atoms with Crippen molar-refractivity contribution in [2.75, 3.05) is 0 Å². The summed E-state index contributed by atoms with van der Waals surface area (Å²) in [5.41, 5.74) is 3.80. The molecule has 0 fully saturated rings. The molecule has 1 atom stereocenters. The zero-order chi connectivity index (χ0) is 11.7. The van der Waals surface area contributed by atoms with Crippen molar-refractivity contribution in [3.8, 4) is 6.07 Å². The standard InChI is InChI=1S/C11H14ClNOSi/c1-5-6(2)9(8(14)4-13)11(15)10(12)7(5)3/h8,14H,1-3,15H3. The van der Waals surface area contributed by atoms with E-state index in [1.165, 1.54) is 0 Å². The van der Waals surface area contributed by atoms with Crippen LogP contribution in [0.5, 0.6) is 0 Å². The van der Waals surface area contributed by atoms with Crippen LogP contribution in [-0.4, -0.2) is 15.3 Å². The molecule has 15 heavy (non-hydrogen) atoms. The van der Waals surface area contributed by atoms with Gasteiger partial charge in [-0.1, -0.05) is 11.6 Å². The zero-order valence-corrected chi connectivity index (χ0v) is 12.1. The van der Waals surface area contributed by atoms with Crippen molar-refractivity contribution in [3.63, 3.8) is 0 Å². The maximum atomic E-state index is 9.63. The molecule has 80 valence electrons. The highest BCUT2D eigenvalue weighted by atomic mass is 35.5. The molecule has 0 saturated heterocycles. The van der Waals surface area contributed by atoms with Crippen molar-refractivity contribution in [2.24, 2.45) is 0 Å². The van der Waals surface area contributed by atoms with Gasteiger partial charge in [0, 0.05) is 15.3 Å². The van der Waals surface area contributed by atoms with Gasteiger partial charge in [0.05, 0.1) is 6.07 Å². The fraction of sp³-hybridized carbons (Fsp3) is 0.364. The Morgan fingerprint density at radius 2 is 1.80 bits per heavy atom. The molecule has 0 aromatic heterocycles. The van der Waals surface area contributed by atoms with E-state index in [2.05, 4.69) is 0 Å². The summed E-state index contributed by atoms with van der Waals surface area (Å²) >= 11 is 6.18. The van der Waals surface area contributed by atoms with E-state index in [9.17, 15) is 5.11 Å². The Hall–Kier alpha value is -0.823. The van der Waals surface area contributed by atoms with E-state index < -0.39 is 6.10 Å². The number of hydrogen-bond donors (Lipinski definition) is 1. The van der Waals surface area contributed by atoms with Gasteiger partial charge in [0.25, 0.3) is 0 Å². The first-order chi connectivity index (χ1) is 6.91. The molecule has 0 radical (unpaired) electrons. The smallest absolute Gasteiger partial charge is 0.166 e. The second-order valence-electron chi connectivity index (χ2n) is 3.76. The first kappa shape index (κ1) is 12.2. The van der Waals surface area contributed by atoms with Crippen LogP contribution in [0.15, 0.2) is 0 Å². The van der Waals surface area contributed by atoms with Gasteiger partial charge in [-0.05, 0) is 48.2 Å². The maximum Gasteiger partial charge on any atom is 0.166 e. The Morgan fingerprint density at radius 3 is 2.27 bits per heavy atom. The van der Waals surface area contributed by atoms with Gasteiger partial charge in [-0.2, -0.15) is 5.26 Å². The van der Waals surface area contributed by atoms with Crippen molar-refractivity contribution >= 4 is 27.0 Å². The number of halogens is 1. The lowest BCUT2D eigenvalue weighted by Crippen LogP contribution is -2.19. The molecule has 1 aromatic carbocycles. The van der Waals surface area contributed by atoms with E-state index in [1.54, 1.807) is 0 Å². The van der Waals surface area contributed by atoms with E-state index in [0.29, 0.717) is 10.6 Å². The summed E-state index contributed by atoms with van der Waals surface area (Å²) in [4.78, 5) is 0. The third-order valence-corrected chi connectivity index (χ3v) is 4.91. The fourth-order valence-corrected chi connectivity index (χ4v) is 3.07. The lowest BCUT2D eigenvalue weighted by Gasteiger charge is -2.18. The molecule has 0 bridgehead atoms. The van der Waals surface area contributed by atoms with Gasteiger partial charge in [0.2, 0.25) is 0 Å². The summed E-state index contributed by atoms with van der Waals surface area (Å²) in [6.07, 6.45) is -1.06. The van der Waals surface area contributed by atoms with E-state index in [-0.39, 0.29) is 0 Å². The second-order valence-corrected chi connectivity index (χ2v) is 5.14. The summed E-state index contributed by atoms with van der Waals surface area (Å²) in [6, 6.07) is 1.86. The minimum Gasteiger partial charge on any atom is -0.374 e. The van der Waals surface area contributed by atoms with Gasteiger partial charge in [0.1, 0.15) is 0 Å². The fourth-order valence-electron chi connectivity index (χ4n) is 1.80. The first-order valence-electron chi connectivity index (χ1n) is 4.75. The SMILES string of the molecule is Cc1c(C)c(Cl)c([SiH3])c(C(O)C#N)c1C.